The van der Waals surface area contributed by atoms with Gasteiger partial charge in [-0.05, 0) is 16.3 Å². The molecule has 1 heterocycles. The van der Waals surface area contributed by atoms with Crippen molar-refractivity contribution in [3.8, 4) is 0 Å². The van der Waals surface area contributed by atoms with Crippen LogP contribution in [0.15, 0.2) is 36.4 Å². The van der Waals surface area contributed by atoms with Crippen molar-refractivity contribution in [3.05, 3.63) is 47.5 Å². The summed E-state index contributed by atoms with van der Waals surface area (Å²) < 4.78 is 23.9. The van der Waals surface area contributed by atoms with Gasteiger partial charge in [0.2, 0.25) is 0 Å². The summed E-state index contributed by atoms with van der Waals surface area (Å²) in [5.41, 5.74) is 1.69. The fourth-order valence-electron chi connectivity index (χ4n) is 2.24. The number of rotatable bonds is 2. The van der Waals surface area contributed by atoms with Gasteiger partial charge in [0.05, 0.1) is 13.2 Å². The molecule has 1 saturated heterocycles. The molecule has 0 amide bonds. The van der Waals surface area contributed by atoms with E-state index in [4.69, 9.17) is 9.47 Å². The molecule has 17 heavy (non-hydrogen) atoms. The molecule has 0 radical (unpaired) electrons. The second-order valence-corrected chi connectivity index (χ2v) is 4.07. The predicted molar refractivity (Wildman–Crippen MR) is 63.4 cm³/mol. The first kappa shape index (κ1) is 10.7. The van der Waals surface area contributed by atoms with Crippen LogP contribution in [0.1, 0.15) is 17.4 Å². The molecule has 0 N–H and O–H groups in total. The summed E-state index contributed by atoms with van der Waals surface area (Å²) in [6.45, 7) is 0.779. The predicted octanol–water partition coefficient (Wildman–Crippen LogP) is 3.35. The van der Waals surface area contributed by atoms with Crippen molar-refractivity contribution in [1.82, 2.24) is 0 Å². The normalized spacial score (nSPS) is 16.8. The van der Waals surface area contributed by atoms with E-state index in [0.717, 1.165) is 16.3 Å². The highest BCUT2D eigenvalue weighted by atomic mass is 19.1. The SMILES string of the molecule is FCc1ccc(C2OCCO2)c2ccccc12. The zero-order chi connectivity index (χ0) is 11.7. The summed E-state index contributed by atoms with van der Waals surface area (Å²) >= 11 is 0. The standard InChI is InChI=1S/C14H13FO2/c15-9-10-5-6-13(14-16-7-8-17-14)12-4-2-1-3-11(10)12/h1-6,14H,7-9H2. The Morgan fingerprint density at radius 1 is 1.00 bits per heavy atom. The Labute approximate surface area is 99.0 Å². The number of hydrogen-bond acceptors (Lipinski definition) is 2. The first-order chi connectivity index (χ1) is 8.40. The highest BCUT2D eigenvalue weighted by molar-refractivity contribution is 5.88. The van der Waals surface area contributed by atoms with Crippen LogP contribution in [0, 0.1) is 0 Å². The number of hydrogen-bond donors (Lipinski definition) is 0. The summed E-state index contributed by atoms with van der Waals surface area (Å²) in [5, 5.41) is 1.95. The van der Waals surface area contributed by atoms with Gasteiger partial charge >= 0.3 is 0 Å². The molecule has 0 unspecified atom stereocenters. The Morgan fingerprint density at radius 2 is 1.71 bits per heavy atom. The molecule has 0 spiro atoms. The zero-order valence-corrected chi connectivity index (χ0v) is 9.36. The van der Waals surface area contributed by atoms with Gasteiger partial charge in [0, 0.05) is 5.56 Å². The van der Waals surface area contributed by atoms with E-state index in [-0.39, 0.29) is 6.29 Å². The van der Waals surface area contributed by atoms with Gasteiger partial charge in [-0.25, -0.2) is 4.39 Å². The van der Waals surface area contributed by atoms with E-state index in [1.165, 1.54) is 0 Å². The van der Waals surface area contributed by atoms with Crippen molar-refractivity contribution < 1.29 is 13.9 Å². The summed E-state index contributed by atoms with van der Waals surface area (Å²) in [7, 11) is 0. The molecule has 0 saturated carbocycles. The van der Waals surface area contributed by atoms with Crippen molar-refractivity contribution >= 4 is 10.8 Å². The Kier molecular flexibility index (Phi) is 2.79. The van der Waals surface area contributed by atoms with Crippen LogP contribution in [0.5, 0.6) is 0 Å². The fourth-order valence-corrected chi connectivity index (χ4v) is 2.24. The van der Waals surface area contributed by atoms with E-state index in [9.17, 15) is 4.39 Å². The first-order valence-corrected chi connectivity index (χ1v) is 5.70. The lowest BCUT2D eigenvalue weighted by atomic mass is 10.00. The molecule has 1 aliphatic heterocycles. The smallest absolute Gasteiger partial charge is 0.184 e. The number of ether oxygens (including phenoxy) is 2. The van der Waals surface area contributed by atoms with Crippen LogP contribution in [-0.4, -0.2) is 13.2 Å². The van der Waals surface area contributed by atoms with Crippen LogP contribution in [0.4, 0.5) is 4.39 Å². The van der Waals surface area contributed by atoms with Crippen molar-refractivity contribution in [3.63, 3.8) is 0 Å². The highest BCUT2D eigenvalue weighted by Crippen LogP contribution is 2.31. The van der Waals surface area contributed by atoms with Gasteiger partial charge in [0.1, 0.15) is 6.67 Å². The fraction of sp³-hybridized carbons (Fsp3) is 0.286. The molecule has 3 heteroatoms. The van der Waals surface area contributed by atoms with Crippen LogP contribution in [0.25, 0.3) is 10.8 Å². The largest absolute Gasteiger partial charge is 0.346 e. The van der Waals surface area contributed by atoms with E-state index >= 15 is 0 Å². The lowest BCUT2D eigenvalue weighted by Crippen LogP contribution is -2.00. The van der Waals surface area contributed by atoms with Gasteiger partial charge in [-0.15, -0.1) is 0 Å². The number of halogens is 1. The van der Waals surface area contributed by atoms with E-state index in [2.05, 4.69) is 0 Å². The van der Waals surface area contributed by atoms with Crippen LogP contribution in [0.3, 0.4) is 0 Å². The summed E-state index contributed by atoms with van der Waals surface area (Å²) in [6, 6.07) is 11.5. The summed E-state index contributed by atoms with van der Waals surface area (Å²) in [5.74, 6) is 0. The van der Waals surface area contributed by atoms with E-state index in [0.29, 0.717) is 18.8 Å². The average Bonchev–Trinajstić information content (AvgIpc) is 2.91. The zero-order valence-electron chi connectivity index (χ0n) is 9.36. The molecule has 3 rings (SSSR count). The van der Waals surface area contributed by atoms with Gasteiger partial charge in [0.25, 0.3) is 0 Å². The van der Waals surface area contributed by atoms with Crippen molar-refractivity contribution in [2.75, 3.05) is 13.2 Å². The molecule has 88 valence electrons. The minimum Gasteiger partial charge on any atom is -0.346 e. The van der Waals surface area contributed by atoms with Crippen LogP contribution < -0.4 is 0 Å². The van der Waals surface area contributed by atoms with Crippen molar-refractivity contribution in [2.45, 2.75) is 13.0 Å². The minimum absolute atomic E-state index is 0.312. The number of fused-ring (bicyclic) bond motifs is 1. The number of benzene rings is 2. The van der Waals surface area contributed by atoms with Gasteiger partial charge in [-0.2, -0.15) is 0 Å². The Balaban J connectivity index is 2.19. The molecule has 1 aliphatic rings. The van der Waals surface area contributed by atoms with E-state index < -0.39 is 6.67 Å². The average molecular weight is 232 g/mol. The second kappa shape index (κ2) is 4.43. The molecule has 0 atom stereocenters. The Bertz CT molecular complexity index is 533. The van der Waals surface area contributed by atoms with Crippen LogP contribution >= 0.6 is 0 Å². The van der Waals surface area contributed by atoms with Crippen molar-refractivity contribution in [1.29, 1.82) is 0 Å². The molecule has 0 bridgehead atoms. The molecule has 0 aliphatic carbocycles. The third kappa shape index (κ3) is 1.81. The van der Waals surface area contributed by atoms with E-state index in [1.807, 2.05) is 36.4 Å². The lowest BCUT2D eigenvalue weighted by molar-refractivity contribution is -0.0430. The van der Waals surface area contributed by atoms with Gasteiger partial charge in [-0.3, -0.25) is 0 Å². The monoisotopic (exact) mass is 232 g/mol. The molecule has 0 aromatic heterocycles. The Hall–Kier alpha value is -1.45. The van der Waals surface area contributed by atoms with Crippen LogP contribution in [0.2, 0.25) is 0 Å². The summed E-state index contributed by atoms with van der Waals surface area (Å²) in [4.78, 5) is 0. The molecule has 2 nitrogen and oxygen atoms in total. The molecule has 2 aromatic carbocycles. The quantitative estimate of drug-likeness (QED) is 0.790. The highest BCUT2D eigenvalue weighted by Gasteiger charge is 2.20. The van der Waals surface area contributed by atoms with Crippen LogP contribution in [-0.2, 0) is 16.1 Å². The maximum absolute atomic E-state index is 12.9. The molecule has 1 fully saturated rings. The van der Waals surface area contributed by atoms with Gasteiger partial charge in [0.15, 0.2) is 6.29 Å². The lowest BCUT2D eigenvalue weighted by Gasteiger charge is -2.14. The second-order valence-electron chi connectivity index (χ2n) is 4.07. The third-order valence-electron chi connectivity index (χ3n) is 3.07. The minimum atomic E-state index is -0.451. The molecular formula is C14H13FO2. The first-order valence-electron chi connectivity index (χ1n) is 5.70. The Morgan fingerprint density at radius 3 is 2.41 bits per heavy atom. The van der Waals surface area contributed by atoms with E-state index in [1.54, 1.807) is 0 Å². The summed E-state index contributed by atoms with van der Waals surface area (Å²) in [6.07, 6.45) is -0.312. The maximum atomic E-state index is 12.9. The topological polar surface area (TPSA) is 18.5 Å². The van der Waals surface area contributed by atoms with Crippen molar-refractivity contribution in [2.24, 2.45) is 0 Å². The molecule has 2 aromatic rings. The molecular weight excluding hydrogens is 219 g/mol. The third-order valence-corrected chi connectivity index (χ3v) is 3.07. The maximum Gasteiger partial charge on any atom is 0.184 e. The number of alkyl halides is 1. The van der Waals surface area contributed by atoms with Gasteiger partial charge < -0.3 is 9.47 Å². The van der Waals surface area contributed by atoms with Gasteiger partial charge in [-0.1, -0.05) is 36.4 Å².